The lowest BCUT2D eigenvalue weighted by Crippen LogP contribution is -2.20. The molecule has 0 radical (unpaired) electrons. The Balaban J connectivity index is 2.18. The predicted molar refractivity (Wildman–Crippen MR) is 72.6 cm³/mol. The highest BCUT2D eigenvalue weighted by Crippen LogP contribution is 2.31. The largest absolute Gasteiger partial charge is 0.388 e. The van der Waals surface area contributed by atoms with Crippen LogP contribution in [0, 0.1) is 5.92 Å². The molecule has 1 amide bonds. The van der Waals surface area contributed by atoms with Crippen LogP contribution in [-0.2, 0) is 11.2 Å². The van der Waals surface area contributed by atoms with Crippen molar-refractivity contribution in [2.45, 2.75) is 39.2 Å². The van der Waals surface area contributed by atoms with Gasteiger partial charge in [0.05, 0.1) is 12.5 Å². The zero-order chi connectivity index (χ0) is 13.3. The van der Waals surface area contributed by atoms with Crippen molar-refractivity contribution in [2.24, 2.45) is 5.92 Å². The number of fused-ring (bicyclic) bond motifs is 1. The lowest BCUT2D eigenvalue weighted by molar-refractivity contribution is -0.117. The number of aliphatic hydroxyl groups excluding tert-OH is 1. The number of rotatable bonds is 4. The first-order valence-corrected chi connectivity index (χ1v) is 6.60. The van der Waals surface area contributed by atoms with Crippen LogP contribution in [0.25, 0.3) is 0 Å². The minimum absolute atomic E-state index is 0.124. The number of benzene rings is 1. The molecule has 0 aromatic heterocycles. The number of carbonyl (C=O) groups excluding carboxylic acids is 1. The molecule has 98 valence electrons. The van der Waals surface area contributed by atoms with Gasteiger partial charge in [0.15, 0.2) is 0 Å². The Hall–Kier alpha value is -1.35. The predicted octanol–water partition coefficient (Wildman–Crippen LogP) is 2.68. The fraction of sp³-hybridized carbons (Fsp3) is 0.533. The zero-order valence-corrected chi connectivity index (χ0v) is 11.3. The Morgan fingerprint density at radius 2 is 2.17 bits per heavy atom. The summed E-state index contributed by atoms with van der Waals surface area (Å²) in [6, 6.07) is 5.85. The van der Waals surface area contributed by atoms with E-state index in [0.29, 0.717) is 12.3 Å². The van der Waals surface area contributed by atoms with E-state index in [4.69, 9.17) is 0 Å². The minimum Gasteiger partial charge on any atom is -0.388 e. The van der Waals surface area contributed by atoms with Gasteiger partial charge in [0.25, 0.3) is 0 Å². The molecular formula is C15H21NO2. The molecule has 0 saturated carbocycles. The first kappa shape index (κ1) is 13.1. The van der Waals surface area contributed by atoms with Crippen molar-refractivity contribution in [3.05, 3.63) is 29.3 Å². The average molecular weight is 247 g/mol. The molecule has 2 rings (SSSR count). The molecule has 1 N–H and O–H groups in total. The van der Waals surface area contributed by atoms with E-state index in [0.717, 1.165) is 29.7 Å². The summed E-state index contributed by atoms with van der Waals surface area (Å²) in [6.45, 7) is 4.28. The number of hydrogen-bond acceptors (Lipinski definition) is 2. The molecule has 2 unspecified atom stereocenters. The molecule has 0 spiro atoms. The van der Waals surface area contributed by atoms with Crippen LogP contribution in [0.4, 0.5) is 5.69 Å². The van der Waals surface area contributed by atoms with Gasteiger partial charge >= 0.3 is 0 Å². The third-order valence-corrected chi connectivity index (χ3v) is 3.89. The quantitative estimate of drug-likeness (QED) is 0.888. The van der Waals surface area contributed by atoms with Gasteiger partial charge in [-0.15, -0.1) is 0 Å². The van der Waals surface area contributed by atoms with E-state index < -0.39 is 6.10 Å². The van der Waals surface area contributed by atoms with Crippen molar-refractivity contribution in [3.8, 4) is 0 Å². The number of amides is 1. The Labute approximate surface area is 108 Å². The molecule has 0 saturated heterocycles. The van der Waals surface area contributed by atoms with Crippen LogP contribution >= 0.6 is 0 Å². The van der Waals surface area contributed by atoms with Crippen LogP contribution < -0.4 is 4.90 Å². The normalized spacial score (nSPS) is 17.8. The molecule has 0 bridgehead atoms. The maximum Gasteiger partial charge on any atom is 0.231 e. The second-order valence-electron chi connectivity index (χ2n) is 5.28. The molecule has 1 aromatic rings. The van der Waals surface area contributed by atoms with E-state index in [1.807, 2.05) is 18.2 Å². The summed E-state index contributed by atoms with van der Waals surface area (Å²) in [5.74, 6) is 0.635. The minimum atomic E-state index is -0.425. The fourth-order valence-corrected chi connectivity index (χ4v) is 2.38. The van der Waals surface area contributed by atoms with Gasteiger partial charge < -0.3 is 10.0 Å². The summed E-state index contributed by atoms with van der Waals surface area (Å²) in [7, 11) is 1.80. The number of anilines is 1. The molecule has 2 atom stereocenters. The highest BCUT2D eigenvalue weighted by molar-refractivity contribution is 6.00. The van der Waals surface area contributed by atoms with E-state index >= 15 is 0 Å². The molecule has 3 nitrogen and oxygen atoms in total. The van der Waals surface area contributed by atoms with Gasteiger partial charge in [0.1, 0.15) is 0 Å². The molecule has 0 fully saturated rings. The highest BCUT2D eigenvalue weighted by atomic mass is 16.3. The van der Waals surface area contributed by atoms with Crippen molar-refractivity contribution in [1.29, 1.82) is 0 Å². The smallest absolute Gasteiger partial charge is 0.231 e. The summed E-state index contributed by atoms with van der Waals surface area (Å²) < 4.78 is 0. The van der Waals surface area contributed by atoms with Crippen LogP contribution in [-0.4, -0.2) is 18.1 Å². The van der Waals surface area contributed by atoms with Crippen LogP contribution in [0.15, 0.2) is 18.2 Å². The first-order valence-electron chi connectivity index (χ1n) is 6.60. The van der Waals surface area contributed by atoms with Crippen LogP contribution in [0.5, 0.6) is 0 Å². The SMILES string of the molecule is CCC(C)CC(O)c1ccc2c(c1)CC(=O)N2C. The molecule has 1 aromatic carbocycles. The number of nitrogens with zero attached hydrogens (tertiary/aromatic N) is 1. The molecule has 1 aliphatic heterocycles. The molecule has 0 aliphatic carbocycles. The lowest BCUT2D eigenvalue weighted by Gasteiger charge is -2.17. The number of carbonyl (C=O) groups is 1. The fourth-order valence-electron chi connectivity index (χ4n) is 2.38. The molecule has 18 heavy (non-hydrogen) atoms. The van der Waals surface area contributed by atoms with E-state index in [9.17, 15) is 9.90 Å². The summed E-state index contributed by atoms with van der Waals surface area (Å²) in [4.78, 5) is 13.3. The second kappa shape index (κ2) is 5.11. The first-order chi connectivity index (χ1) is 8.52. The molecule has 3 heteroatoms. The maximum atomic E-state index is 11.6. The van der Waals surface area contributed by atoms with Crippen LogP contribution in [0.1, 0.15) is 43.9 Å². The third kappa shape index (κ3) is 2.41. The third-order valence-electron chi connectivity index (χ3n) is 3.89. The van der Waals surface area contributed by atoms with Crippen LogP contribution in [0.2, 0.25) is 0 Å². The average Bonchev–Trinajstić information content (AvgIpc) is 2.64. The standard InChI is InChI=1S/C15H21NO2/c1-4-10(2)7-14(17)11-5-6-13-12(8-11)9-15(18)16(13)3/h5-6,8,10,14,17H,4,7,9H2,1-3H3. The Bertz CT molecular complexity index is 456. The maximum absolute atomic E-state index is 11.6. The van der Waals surface area contributed by atoms with E-state index in [1.54, 1.807) is 11.9 Å². The number of aliphatic hydroxyl groups is 1. The van der Waals surface area contributed by atoms with Crippen molar-refractivity contribution >= 4 is 11.6 Å². The lowest BCUT2D eigenvalue weighted by atomic mass is 9.95. The van der Waals surface area contributed by atoms with Gasteiger partial charge in [-0.2, -0.15) is 0 Å². The van der Waals surface area contributed by atoms with Gasteiger partial charge in [0.2, 0.25) is 5.91 Å². The topological polar surface area (TPSA) is 40.5 Å². The number of likely N-dealkylation sites (N-methyl/N-ethyl adjacent to an activating group) is 1. The summed E-state index contributed by atoms with van der Waals surface area (Å²) in [5, 5.41) is 10.2. The second-order valence-corrected chi connectivity index (χ2v) is 5.28. The Morgan fingerprint density at radius 3 is 2.83 bits per heavy atom. The van der Waals surface area contributed by atoms with E-state index in [-0.39, 0.29) is 5.91 Å². The van der Waals surface area contributed by atoms with Crippen molar-refractivity contribution in [2.75, 3.05) is 11.9 Å². The molecule has 1 heterocycles. The highest BCUT2D eigenvalue weighted by Gasteiger charge is 2.24. The van der Waals surface area contributed by atoms with Gasteiger partial charge in [-0.1, -0.05) is 32.4 Å². The van der Waals surface area contributed by atoms with E-state index in [2.05, 4.69) is 13.8 Å². The summed E-state index contributed by atoms with van der Waals surface area (Å²) in [6.07, 6.45) is 1.88. The van der Waals surface area contributed by atoms with Gasteiger partial charge in [-0.3, -0.25) is 4.79 Å². The summed E-state index contributed by atoms with van der Waals surface area (Å²) in [5.41, 5.74) is 2.93. The van der Waals surface area contributed by atoms with Crippen molar-refractivity contribution in [3.63, 3.8) is 0 Å². The Kier molecular flexibility index (Phi) is 3.71. The number of hydrogen-bond donors (Lipinski definition) is 1. The van der Waals surface area contributed by atoms with Crippen molar-refractivity contribution in [1.82, 2.24) is 0 Å². The van der Waals surface area contributed by atoms with Crippen molar-refractivity contribution < 1.29 is 9.90 Å². The van der Waals surface area contributed by atoms with Gasteiger partial charge in [-0.25, -0.2) is 0 Å². The monoisotopic (exact) mass is 247 g/mol. The molecule has 1 aliphatic rings. The molecular weight excluding hydrogens is 226 g/mol. The van der Waals surface area contributed by atoms with Gasteiger partial charge in [0, 0.05) is 12.7 Å². The van der Waals surface area contributed by atoms with Crippen LogP contribution in [0.3, 0.4) is 0 Å². The van der Waals surface area contributed by atoms with Gasteiger partial charge in [-0.05, 0) is 29.5 Å². The summed E-state index contributed by atoms with van der Waals surface area (Å²) >= 11 is 0. The van der Waals surface area contributed by atoms with E-state index in [1.165, 1.54) is 0 Å². The Morgan fingerprint density at radius 1 is 1.44 bits per heavy atom. The zero-order valence-electron chi connectivity index (χ0n) is 11.3.